The molecule has 1 atom stereocenters. The fraction of sp³-hybridized carbons (Fsp3) is 1.00. The zero-order valence-corrected chi connectivity index (χ0v) is 6.78. The summed E-state index contributed by atoms with van der Waals surface area (Å²) >= 11 is 0. The molecule has 0 aliphatic carbocycles. The van der Waals surface area contributed by atoms with Gasteiger partial charge in [-0.2, -0.15) is 0 Å². The lowest BCUT2D eigenvalue weighted by Crippen LogP contribution is -1.98. The normalized spacial score (nSPS) is 25.8. The maximum atomic E-state index is 12.6. The Bertz CT molecular complexity index is 95.3. The molecule has 1 heterocycles. The molecule has 0 nitrogen and oxygen atoms in total. The molecule has 0 radical (unpaired) electrons. The van der Waals surface area contributed by atoms with Crippen molar-refractivity contribution in [3.8, 4) is 0 Å². The van der Waals surface area contributed by atoms with E-state index in [1.165, 1.54) is 19.3 Å². The van der Waals surface area contributed by atoms with Gasteiger partial charge in [-0.25, -0.2) is 0 Å². The highest BCUT2D eigenvalue weighted by Gasteiger charge is 2.27. The standard InChI is InChI=1S/C8H16BF/c1-2-3-4-8-5-6-9(10)7-8/h8H,2-7H2,1H3. The monoisotopic (exact) mass is 142 g/mol. The van der Waals surface area contributed by atoms with Gasteiger partial charge < -0.3 is 4.32 Å². The van der Waals surface area contributed by atoms with Crippen molar-refractivity contribution >= 4 is 6.99 Å². The highest BCUT2D eigenvalue weighted by Crippen LogP contribution is 2.30. The Labute approximate surface area is 63.3 Å². The summed E-state index contributed by atoms with van der Waals surface area (Å²) < 4.78 is 12.6. The average molecular weight is 142 g/mol. The van der Waals surface area contributed by atoms with Gasteiger partial charge in [0.2, 0.25) is 0 Å². The highest BCUT2D eigenvalue weighted by atomic mass is 19.1. The third-order valence-electron chi connectivity index (χ3n) is 2.44. The van der Waals surface area contributed by atoms with Gasteiger partial charge in [0.1, 0.15) is 0 Å². The first-order chi connectivity index (χ1) is 4.83. The molecule has 0 spiro atoms. The number of hydrogen-bond acceptors (Lipinski definition) is 0. The number of hydrogen-bond donors (Lipinski definition) is 0. The molecule has 1 rings (SSSR count). The van der Waals surface area contributed by atoms with Crippen LogP contribution in [-0.4, -0.2) is 6.99 Å². The van der Waals surface area contributed by atoms with E-state index in [9.17, 15) is 4.32 Å². The van der Waals surface area contributed by atoms with Gasteiger partial charge in [-0.1, -0.05) is 32.6 Å². The van der Waals surface area contributed by atoms with Gasteiger partial charge in [0.05, 0.1) is 0 Å². The van der Waals surface area contributed by atoms with Crippen LogP contribution in [0, 0.1) is 5.92 Å². The summed E-state index contributed by atoms with van der Waals surface area (Å²) in [6.07, 6.45) is 6.62. The zero-order valence-electron chi connectivity index (χ0n) is 6.78. The van der Waals surface area contributed by atoms with Crippen LogP contribution in [0.5, 0.6) is 0 Å². The van der Waals surface area contributed by atoms with Gasteiger partial charge in [-0.3, -0.25) is 0 Å². The van der Waals surface area contributed by atoms with E-state index in [0.29, 0.717) is 0 Å². The predicted octanol–water partition coefficient (Wildman–Crippen LogP) is 3.16. The van der Waals surface area contributed by atoms with Crippen molar-refractivity contribution in [2.75, 3.05) is 0 Å². The maximum Gasteiger partial charge on any atom is 0.348 e. The molecule has 0 aromatic heterocycles. The molecular formula is C8H16BF. The second-order valence-corrected chi connectivity index (χ2v) is 3.42. The highest BCUT2D eigenvalue weighted by molar-refractivity contribution is 6.52. The molecule has 0 aromatic rings. The third kappa shape index (κ3) is 2.32. The molecular weight excluding hydrogens is 126 g/mol. The first-order valence-corrected chi connectivity index (χ1v) is 4.47. The quantitative estimate of drug-likeness (QED) is 0.531. The molecule has 2 heteroatoms. The lowest BCUT2D eigenvalue weighted by atomic mass is 9.69. The molecule has 1 aliphatic rings. The van der Waals surface area contributed by atoms with Crippen LogP contribution in [0.1, 0.15) is 32.6 Å². The molecule has 1 unspecified atom stereocenters. The van der Waals surface area contributed by atoms with Crippen LogP contribution in [0.3, 0.4) is 0 Å². The number of halogens is 1. The van der Waals surface area contributed by atoms with Gasteiger partial charge in [-0.15, -0.1) is 0 Å². The Kier molecular flexibility index (Phi) is 3.23. The van der Waals surface area contributed by atoms with Crippen LogP contribution in [0.2, 0.25) is 12.6 Å². The van der Waals surface area contributed by atoms with Crippen LogP contribution < -0.4 is 0 Å². The lowest BCUT2D eigenvalue weighted by Gasteiger charge is -2.05. The van der Waals surface area contributed by atoms with Crippen molar-refractivity contribution in [2.24, 2.45) is 5.92 Å². The van der Waals surface area contributed by atoms with Gasteiger partial charge in [-0.05, 0) is 18.6 Å². The van der Waals surface area contributed by atoms with Crippen molar-refractivity contribution < 1.29 is 4.32 Å². The van der Waals surface area contributed by atoms with Gasteiger partial charge in [0, 0.05) is 0 Å². The average Bonchev–Trinajstić information content (AvgIpc) is 2.31. The second-order valence-electron chi connectivity index (χ2n) is 3.42. The fourth-order valence-corrected chi connectivity index (χ4v) is 1.77. The summed E-state index contributed by atoms with van der Waals surface area (Å²) in [7, 11) is 0. The van der Waals surface area contributed by atoms with E-state index in [4.69, 9.17) is 0 Å². The number of unbranched alkanes of at least 4 members (excludes halogenated alkanes) is 1. The van der Waals surface area contributed by atoms with Gasteiger partial charge in [0.15, 0.2) is 0 Å². The van der Waals surface area contributed by atoms with E-state index in [2.05, 4.69) is 6.92 Å². The largest absolute Gasteiger partial charge is 0.348 e. The zero-order chi connectivity index (χ0) is 7.40. The summed E-state index contributed by atoms with van der Waals surface area (Å²) in [5.41, 5.74) is 0. The smallest absolute Gasteiger partial charge is 0.336 e. The summed E-state index contributed by atoms with van der Waals surface area (Å²) in [4.78, 5) is 0. The number of rotatable bonds is 3. The Morgan fingerprint density at radius 1 is 1.60 bits per heavy atom. The molecule has 1 aliphatic heterocycles. The van der Waals surface area contributed by atoms with Crippen molar-refractivity contribution in [3.63, 3.8) is 0 Å². The van der Waals surface area contributed by atoms with Crippen LogP contribution in [0.4, 0.5) is 4.32 Å². The SMILES string of the molecule is CCCCC1CCB(F)C1. The molecule has 0 saturated carbocycles. The van der Waals surface area contributed by atoms with Crippen LogP contribution in [-0.2, 0) is 0 Å². The van der Waals surface area contributed by atoms with Crippen LogP contribution in [0.25, 0.3) is 0 Å². The van der Waals surface area contributed by atoms with E-state index >= 15 is 0 Å². The first-order valence-electron chi connectivity index (χ1n) is 4.47. The molecule has 58 valence electrons. The van der Waals surface area contributed by atoms with Crippen molar-refractivity contribution in [3.05, 3.63) is 0 Å². The summed E-state index contributed by atoms with van der Waals surface area (Å²) in [5, 5.41) is 0. The van der Waals surface area contributed by atoms with E-state index in [1.54, 1.807) is 0 Å². The topological polar surface area (TPSA) is 0 Å². The molecule has 0 N–H and O–H groups in total. The van der Waals surface area contributed by atoms with E-state index in [0.717, 1.165) is 25.0 Å². The second kappa shape index (κ2) is 4.00. The van der Waals surface area contributed by atoms with E-state index < -0.39 is 6.99 Å². The minimum absolute atomic E-state index is 0.471. The molecule has 1 saturated heterocycles. The third-order valence-corrected chi connectivity index (χ3v) is 2.44. The van der Waals surface area contributed by atoms with Crippen molar-refractivity contribution in [1.29, 1.82) is 0 Å². The molecule has 0 aromatic carbocycles. The molecule has 1 fully saturated rings. The minimum Gasteiger partial charge on any atom is -0.336 e. The Hall–Kier alpha value is -0.00506. The first kappa shape index (κ1) is 8.09. The fourth-order valence-electron chi connectivity index (χ4n) is 1.77. The molecule has 10 heavy (non-hydrogen) atoms. The summed E-state index contributed by atoms with van der Waals surface area (Å²) in [5.74, 6) is 0.718. The van der Waals surface area contributed by atoms with Crippen molar-refractivity contribution in [1.82, 2.24) is 0 Å². The summed E-state index contributed by atoms with van der Waals surface area (Å²) in [6, 6.07) is 0. The molecule has 0 amide bonds. The summed E-state index contributed by atoms with van der Waals surface area (Å²) in [6.45, 7) is 1.73. The van der Waals surface area contributed by atoms with Crippen molar-refractivity contribution in [2.45, 2.75) is 45.2 Å². The minimum atomic E-state index is -0.471. The predicted molar refractivity (Wildman–Crippen MR) is 44.1 cm³/mol. The van der Waals surface area contributed by atoms with Gasteiger partial charge >= 0.3 is 6.99 Å². The Morgan fingerprint density at radius 2 is 2.40 bits per heavy atom. The van der Waals surface area contributed by atoms with Gasteiger partial charge in [0.25, 0.3) is 0 Å². The van der Waals surface area contributed by atoms with Crippen LogP contribution >= 0.6 is 0 Å². The Balaban J connectivity index is 2.06. The van der Waals surface area contributed by atoms with E-state index in [-0.39, 0.29) is 0 Å². The Morgan fingerprint density at radius 3 is 2.90 bits per heavy atom. The molecule has 0 bridgehead atoms. The lowest BCUT2D eigenvalue weighted by molar-refractivity contribution is 0.509. The van der Waals surface area contributed by atoms with Crippen LogP contribution in [0.15, 0.2) is 0 Å². The van der Waals surface area contributed by atoms with E-state index in [1.807, 2.05) is 0 Å². The maximum absolute atomic E-state index is 12.6.